The summed E-state index contributed by atoms with van der Waals surface area (Å²) < 4.78 is 5.18. The zero-order valence-electron chi connectivity index (χ0n) is 19.6. The van der Waals surface area contributed by atoms with E-state index in [1.807, 2.05) is 17.4 Å². The monoisotopic (exact) mass is 507 g/mol. The van der Waals surface area contributed by atoms with E-state index in [0.29, 0.717) is 0 Å². The van der Waals surface area contributed by atoms with Crippen LogP contribution < -0.4 is 0 Å². The Labute approximate surface area is 221 Å². The maximum atomic E-state index is 6.60. The Bertz CT molecular complexity index is 2370. The Morgan fingerprint density at radius 3 is 2.05 bits per heavy atom. The second-order valence-electron chi connectivity index (χ2n) is 9.81. The van der Waals surface area contributed by atoms with Gasteiger partial charge in [0.15, 0.2) is 0 Å². The minimum atomic E-state index is 0.752. The smallest absolute Gasteiger partial charge is 0.0632 e. The van der Waals surface area contributed by atoms with E-state index in [1.165, 1.54) is 74.6 Å². The molecule has 0 saturated heterocycles. The van der Waals surface area contributed by atoms with Gasteiger partial charge in [-0.25, -0.2) is 0 Å². The van der Waals surface area contributed by atoms with Crippen LogP contribution in [0.4, 0.5) is 0 Å². The summed E-state index contributed by atoms with van der Waals surface area (Å²) in [7, 11) is 0. The summed E-state index contributed by atoms with van der Waals surface area (Å²) in [6, 6.07) is 39.6. The van der Waals surface area contributed by atoms with Gasteiger partial charge in [0.2, 0.25) is 0 Å². The molecular formula is C34H18ClNS. The summed E-state index contributed by atoms with van der Waals surface area (Å²) in [5.74, 6) is 0. The molecule has 0 amide bonds. The normalized spacial score (nSPS) is 12.5. The van der Waals surface area contributed by atoms with Gasteiger partial charge in [-0.3, -0.25) is 0 Å². The molecule has 0 radical (unpaired) electrons. The lowest BCUT2D eigenvalue weighted by Crippen LogP contribution is -1.89. The van der Waals surface area contributed by atoms with E-state index in [-0.39, 0.29) is 0 Å². The van der Waals surface area contributed by atoms with Crippen molar-refractivity contribution >= 4 is 92.0 Å². The highest BCUT2D eigenvalue weighted by Gasteiger charge is 2.24. The molecule has 3 heteroatoms. The van der Waals surface area contributed by atoms with E-state index in [1.54, 1.807) is 0 Å². The first-order valence-corrected chi connectivity index (χ1v) is 13.7. The van der Waals surface area contributed by atoms with Crippen LogP contribution in [0, 0.1) is 0 Å². The van der Waals surface area contributed by atoms with Crippen molar-refractivity contribution in [3.63, 3.8) is 0 Å². The molecule has 3 aromatic heterocycles. The van der Waals surface area contributed by atoms with Crippen LogP contribution in [-0.4, -0.2) is 4.40 Å². The number of hydrogen-bond donors (Lipinski definition) is 0. The first-order chi connectivity index (χ1) is 18.3. The van der Waals surface area contributed by atoms with Crippen LogP contribution >= 0.6 is 22.9 Å². The molecule has 0 bridgehead atoms. The van der Waals surface area contributed by atoms with Crippen molar-refractivity contribution in [3.8, 4) is 11.1 Å². The number of nitrogens with zero attached hydrogens (tertiary/aromatic N) is 1. The van der Waals surface area contributed by atoms with E-state index >= 15 is 0 Å². The fourth-order valence-corrected chi connectivity index (χ4v) is 7.96. The first kappa shape index (κ1) is 20.0. The Morgan fingerprint density at radius 1 is 0.514 bits per heavy atom. The summed E-state index contributed by atoms with van der Waals surface area (Å²) >= 11 is 8.48. The van der Waals surface area contributed by atoms with Gasteiger partial charge in [0.1, 0.15) is 0 Å². The van der Waals surface area contributed by atoms with Crippen LogP contribution in [0.3, 0.4) is 0 Å². The predicted octanol–water partition coefficient (Wildman–Crippen LogP) is 10.7. The molecule has 0 aliphatic heterocycles. The molecule has 0 saturated carbocycles. The minimum Gasteiger partial charge on any atom is -0.308 e. The van der Waals surface area contributed by atoms with Gasteiger partial charge in [-0.1, -0.05) is 84.4 Å². The zero-order valence-corrected chi connectivity index (χ0v) is 21.2. The third-order valence-corrected chi connectivity index (χ3v) is 9.31. The molecule has 9 aromatic rings. The molecule has 3 heterocycles. The van der Waals surface area contributed by atoms with Crippen molar-refractivity contribution in [1.82, 2.24) is 4.40 Å². The van der Waals surface area contributed by atoms with Crippen LogP contribution in [0.15, 0.2) is 109 Å². The highest BCUT2D eigenvalue weighted by Crippen LogP contribution is 2.50. The number of para-hydroxylation sites is 1. The lowest BCUT2D eigenvalue weighted by Gasteiger charge is -2.14. The van der Waals surface area contributed by atoms with Crippen molar-refractivity contribution in [3.05, 3.63) is 114 Å². The van der Waals surface area contributed by atoms with Gasteiger partial charge in [-0.2, -0.15) is 0 Å². The molecule has 172 valence electrons. The average molecular weight is 508 g/mol. The molecule has 0 atom stereocenters. The van der Waals surface area contributed by atoms with Gasteiger partial charge in [0.25, 0.3) is 0 Å². The molecule has 0 fully saturated rings. The summed E-state index contributed by atoms with van der Waals surface area (Å²) in [5, 5.41) is 11.2. The summed E-state index contributed by atoms with van der Waals surface area (Å²) in [6.45, 7) is 0. The maximum Gasteiger partial charge on any atom is 0.0632 e. The van der Waals surface area contributed by atoms with E-state index in [4.69, 9.17) is 11.6 Å². The molecule has 1 nitrogen and oxygen atoms in total. The molecular weight excluding hydrogens is 490 g/mol. The highest BCUT2D eigenvalue weighted by molar-refractivity contribution is 7.26. The van der Waals surface area contributed by atoms with Crippen LogP contribution in [0.5, 0.6) is 0 Å². The van der Waals surface area contributed by atoms with Crippen molar-refractivity contribution in [2.45, 2.75) is 0 Å². The molecule has 0 aliphatic carbocycles. The topological polar surface area (TPSA) is 4.41 Å². The molecule has 37 heavy (non-hydrogen) atoms. The van der Waals surface area contributed by atoms with Crippen molar-refractivity contribution in [1.29, 1.82) is 0 Å². The molecule has 0 aliphatic rings. The number of hydrogen-bond acceptors (Lipinski definition) is 1. The minimum absolute atomic E-state index is 0.752. The first-order valence-electron chi connectivity index (χ1n) is 12.5. The van der Waals surface area contributed by atoms with E-state index in [2.05, 4.69) is 108 Å². The molecule has 6 aromatic carbocycles. The fourth-order valence-electron chi connectivity index (χ4n) is 6.62. The summed E-state index contributed by atoms with van der Waals surface area (Å²) in [4.78, 5) is 0. The summed E-state index contributed by atoms with van der Waals surface area (Å²) in [6.07, 6.45) is 0. The number of benzene rings is 6. The number of aromatic nitrogens is 1. The molecule has 9 rings (SSSR count). The Hall–Kier alpha value is -4.11. The average Bonchev–Trinajstić information content (AvgIpc) is 3.44. The molecule has 0 unspecified atom stereocenters. The van der Waals surface area contributed by atoms with Gasteiger partial charge in [0.05, 0.1) is 16.6 Å². The lowest BCUT2D eigenvalue weighted by atomic mass is 9.89. The SMILES string of the molecule is Clc1cccc(-c2c3ccccc3c3c4ccccc4n4c5cccc6sc7cccc(c2c34)c7c65)c1. The molecule has 0 spiro atoms. The van der Waals surface area contributed by atoms with E-state index < -0.39 is 0 Å². The highest BCUT2D eigenvalue weighted by atomic mass is 35.5. The Balaban J connectivity index is 1.79. The van der Waals surface area contributed by atoms with Gasteiger partial charge in [-0.15, -0.1) is 11.3 Å². The standard InChI is InChI=1S/C34H18ClNS/c35-20-9-5-8-19(18-20)29-21-10-1-2-11-22(21)30-23-12-3-4-14-25(23)36-26-15-7-17-28-33(26)31-24(32(29)34(30)36)13-6-16-27(31)37-28/h1-18H. The second-order valence-corrected chi connectivity index (χ2v) is 11.3. The van der Waals surface area contributed by atoms with Crippen LogP contribution in [-0.2, 0) is 0 Å². The summed E-state index contributed by atoms with van der Waals surface area (Å²) in [5.41, 5.74) is 6.16. The second kappa shape index (κ2) is 7.01. The van der Waals surface area contributed by atoms with Crippen LogP contribution in [0.2, 0.25) is 5.02 Å². The Kier molecular flexibility index (Phi) is 3.79. The Morgan fingerprint density at radius 2 is 1.19 bits per heavy atom. The van der Waals surface area contributed by atoms with Gasteiger partial charge < -0.3 is 4.40 Å². The van der Waals surface area contributed by atoms with Crippen molar-refractivity contribution < 1.29 is 0 Å². The quantitative estimate of drug-likeness (QED) is 0.208. The lowest BCUT2D eigenvalue weighted by molar-refractivity contribution is 1.36. The van der Waals surface area contributed by atoms with Crippen LogP contribution in [0.25, 0.3) is 80.2 Å². The fraction of sp³-hybridized carbons (Fsp3) is 0. The molecule has 0 N–H and O–H groups in total. The van der Waals surface area contributed by atoms with Gasteiger partial charge in [-0.05, 0) is 63.7 Å². The third kappa shape index (κ3) is 2.45. The van der Waals surface area contributed by atoms with Gasteiger partial charge in [0, 0.05) is 41.4 Å². The largest absolute Gasteiger partial charge is 0.308 e. The van der Waals surface area contributed by atoms with Crippen LogP contribution in [0.1, 0.15) is 0 Å². The zero-order chi connectivity index (χ0) is 24.2. The maximum absolute atomic E-state index is 6.60. The van der Waals surface area contributed by atoms with Crippen molar-refractivity contribution in [2.75, 3.05) is 0 Å². The van der Waals surface area contributed by atoms with E-state index in [0.717, 1.165) is 10.6 Å². The van der Waals surface area contributed by atoms with Gasteiger partial charge >= 0.3 is 0 Å². The number of halogens is 1. The van der Waals surface area contributed by atoms with Crippen molar-refractivity contribution in [2.24, 2.45) is 0 Å². The number of rotatable bonds is 1. The van der Waals surface area contributed by atoms with E-state index in [9.17, 15) is 0 Å². The third-order valence-electron chi connectivity index (χ3n) is 7.95. The number of fused-ring (bicyclic) bond motifs is 7. The predicted molar refractivity (Wildman–Crippen MR) is 162 cm³/mol. The number of thiophene rings is 1.